The van der Waals surface area contributed by atoms with Gasteiger partial charge in [0.1, 0.15) is 0 Å². The van der Waals surface area contributed by atoms with Crippen LogP contribution < -0.4 is 10.6 Å². The molecule has 2 amide bonds. The first-order valence-electron chi connectivity index (χ1n) is 7.75. The highest BCUT2D eigenvalue weighted by Crippen LogP contribution is 2.28. The molecule has 1 aliphatic heterocycles. The molecule has 1 saturated carbocycles. The monoisotopic (exact) mass is 307 g/mol. The van der Waals surface area contributed by atoms with E-state index in [4.69, 9.17) is 11.6 Å². The van der Waals surface area contributed by atoms with Gasteiger partial charge in [0.25, 0.3) is 0 Å². The highest BCUT2D eigenvalue weighted by Gasteiger charge is 2.25. The van der Waals surface area contributed by atoms with Crippen LogP contribution in [0.25, 0.3) is 0 Å². The second-order valence-electron chi connectivity index (χ2n) is 6.05. The van der Waals surface area contributed by atoms with Crippen molar-refractivity contribution >= 4 is 23.3 Å². The molecule has 2 N–H and O–H groups in total. The van der Waals surface area contributed by atoms with E-state index >= 15 is 0 Å². The van der Waals surface area contributed by atoms with Gasteiger partial charge in [-0.05, 0) is 56.3 Å². The molecule has 1 aromatic rings. The zero-order valence-corrected chi connectivity index (χ0v) is 12.9. The minimum atomic E-state index is -0.0297. The highest BCUT2D eigenvalue weighted by molar-refractivity contribution is 6.30. The molecule has 0 atom stereocenters. The third-order valence-corrected chi connectivity index (χ3v) is 4.49. The Morgan fingerprint density at radius 1 is 1.24 bits per heavy atom. The Hall–Kier alpha value is -1.26. The molecule has 1 heterocycles. The number of hydrogen-bond donors (Lipinski definition) is 2. The summed E-state index contributed by atoms with van der Waals surface area (Å²) < 4.78 is 0. The van der Waals surface area contributed by atoms with E-state index in [0.717, 1.165) is 44.1 Å². The van der Waals surface area contributed by atoms with Crippen LogP contribution in [0.15, 0.2) is 24.3 Å². The van der Waals surface area contributed by atoms with Gasteiger partial charge in [0, 0.05) is 29.8 Å². The molecule has 2 aliphatic rings. The molecule has 4 nitrogen and oxygen atoms in total. The molecule has 0 unspecified atom stereocenters. The molecule has 21 heavy (non-hydrogen) atoms. The lowest BCUT2D eigenvalue weighted by atomic mass is 10.1. The van der Waals surface area contributed by atoms with Crippen LogP contribution >= 0.6 is 11.6 Å². The van der Waals surface area contributed by atoms with Crippen molar-refractivity contribution in [1.29, 1.82) is 0 Å². The van der Waals surface area contributed by atoms with Crippen molar-refractivity contribution in [2.24, 2.45) is 5.92 Å². The molecule has 5 heteroatoms. The molecule has 1 aromatic carbocycles. The lowest BCUT2D eigenvalue weighted by molar-refractivity contribution is 0.189. The number of carbonyl (C=O) groups is 1. The van der Waals surface area contributed by atoms with Gasteiger partial charge in [-0.25, -0.2) is 4.79 Å². The van der Waals surface area contributed by atoms with Crippen LogP contribution in [0.2, 0.25) is 5.02 Å². The molecule has 0 bridgehead atoms. The maximum absolute atomic E-state index is 12.2. The molecule has 0 radical (unpaired) electrons. The number of piperidine rings is 1. The molecule has 0 aromatic heterocycles. The van der Waals surface area contributed by atoms with E-state index in [2.05, 4.69) is 10.6 Å². The van der Waals surface area contributed by atoms with Crippen molar-refractivity contribution in [3.8, 4) is 0 Å². The summed E-state index contributed by atoms with van der Waals surface area (Å²) in [7, 11) is 0. The van der Waals surface area contributed by atoms with Crippen molar-refractivity contribution in [3.05, 3.63) is 29.3 Å². The number of hydrogen-bond acceptors (Lipinski definition) is 2. The van der Waals surface area contributed by atoms with Crippen molar-refractivity contribution in [3.63, 3.8) is 0 Å². The number of anilines is 1. The van der Waals surface area contributed by atoms with Gasteiger partial charge in [0.15, 0.2) is 0 Å². The van der Waals surface area contributed by atoms with Crippen molar-refractivity contribution in [1.82, 2.24) is 10.2 Å². The largest absolute Gasteiger partial charge is 0.324 e. The number of nitrogens with one attached hydrogen (secondary N) is 2. The fourth-order valence-electron chi connectivity index (χ4n) is 2.71. The van der Waals surface area contributed by atoms with Gasteiger partial charge >= 0.3 is 6.03 Å². The Labute approximate surface area is 130 Å². The topological polar surface area (TPSA) is 44.4 Å². The minimum Gasteiger partial charge on any atom is -0.324 e. The van der Waals surface area contributed by atoms with Crippen molar-refractivity contribution < 1.29 is 4.79 Å². The van der Waals surface area contributed by atoms with E-state index < -0.39 is 0 Å². The second-order valence-corrected chi connectivity index (χ2v) is 6.49. The number of carbonyl (C=O) groups excluding carboxylic acids is 1. The van der Waals surface area contributed by atoms with E-state index in [1.54, 1.807) is 12.1 Å². The van der Waals surface area contributed by atoms with Crippen LogP contribution in [0.3, 0.4) is 0 Å². The van der Waals surface area contributed by atoms with Crippen LogP contribution in [0.1, 0.15) is 25.7 Å². The summed E-state index contributed by atoms with van der Waals surface area (Å²) in [5, 5.41) is 7.17. The van der Waals surface area contributed by atoms with Gasteiger partial charge in [-0.3, -0.25) is 0 Å². The minimum absolute atomic E-state index is 0.0297. The Balaban J connectivity index is 1.43. The summed E-state index contributed by atoms with van der Waals surface area (Å²) in [5.41, 5.74) is 0.751. The molecule has 1 saturated heterocycles. The quantitative estimate of drug-likeness (QED) is 0.896. The Kier molecular flexibility index (Phi) is 4.66. The fourth-order valence-corrected chi connectivity index (χ4v) is 2.90. The van der Waals surface area contributed by atoms with Crippen LogP contribution in [-0.4, -0.2) is 36.6 Å². The zero-order chi connectivity index (χ0) is 14.7. The lowest BCUT2D eigenvalue weighted by Crippen LogP contribution is -2.46. The van der Waals surface area contributed by atoms with E-state index in [0.29, 0.717) is 11.1 Å². The number of benzene rings is 1. The third-order valence-electron chi connectivity index (χ3n) is 4.25. The standard InChI is InChI=1S/C16H22ClN3O/c17-13-2-1-3-15(10-13)19-16(21)20-8-6-14(7-9-20)18-11-12-4-5-12/h1-3,10,12,14,18H,4-9,11H2,(H,19,21). The number of halogens is 1. The van der Waals surface area contributed by atoms with Crippen molar-refractivity contribution in [2.45, 2.75) is 31.7 Å². The molecule has 0 spiro atoms. The number of urea groups is 1. The van der Waals surface area contributed by atoms with E-state index in [1.807, 2.05) is 17.0 Å². The first-order chi connectivity index (χ1) is 10.2. The molecular formula is C16H22ClN3O. The average molecular weight is 308 g/mol. The molecule has 114 valence electrons. The summed E-state index contributed by atoms with van der Waals surface area (Å²) in [6, 6.07) is 7.80. The highest BCUT2D eigenvalue weighted by atomic mass is 35.5. The molecular weight excluding hydrogens is 286 g/mol. The Morgan fingerprint density at radius 3 is 2.67 bits per heavy atom. The maximum Gasteiger partial charge on any atom is 0.321 e. The SMILES string of the molecule is O=C(Nc1cccc(Cl)c1)N1CCC(NCC2CC2)CC1. The first kappa shape index (κ1) is 14.7. The van der Waals surface area contributed by atoms with Gasteiger partial charge < -0.3 is 15.5 Å². The fraction of sp³-hybridized carbons (Fsp3) is 0.562. The van der Waals surface area contributed by atoms with Crippen LogP contribution in [-0.2, 0) is 0 Å². The number of amides is 2. The average Bonchev–Trinajstić information content (AvgIpc) is 3.30. The van der Waals surface area contributed by atoms with Gasteiger partial charge in [0.2, 0.25) is 0 Å². The van der Waals surface area contributed by atoms with E-state index in [-0.39, 0.29) is 6.03 Å². The third kappa shape index (κ3) is 4.35. The van der Waals surface area contributed by atoms with Gasteiger partial charge in [-0.1, -0.05) is 17.7 Å². The Morgan fingerprint density at radius 2 is 2.00 bits per heavy atom. The predicted octanol–water partition coefficient (Wildman–Crippen LogP) is 3.34. The predicted molar refractivity (Wildman–Crippen MR) is 85.8 cm³/mol. The molecule has 2 fully saturated rings. The van der Waals surface area contributed by atoms with E-state index in [9.17, 15) is 4.79 Å². The van der Waals surface area contributed by atoms with Gasteiger partial charge in [-0.15, -0.1) is 0 Å². The summed E-state index contributed by atoms with van der Waals surface area (Å²) in [5.74, 6) is 0.911. The van der Waals surface area contributed by atoms with Crippen LogP contribution in [0.5, 0.6) is 0 Å². The summed E-state index contributed by atoms with van der Waals surface area (Å²) in [4.78, 5) is 14.1. The molecule has 1 aliphatic carbocycles. The second kappa shape index (κ2) is 6.67. The molecule has 3 rings (SSSR count). The smallest absolute Gasteiger partial charge is 0.321 e. The lowest BCUT2D eigenvalue weighted by Gasteiger charge is -2.32. The van der Waals surface area contributed by atoms with Gasteiger partial charge in [0.05, 0.1) is 0 Å². The van der Waals surface area contributed by atoms with Crippen LogP contribution in [0, 0.1) is 5.92 Å². The summed E-state index contributed by atoms with van der Waals surface area (Å²) >= 11 is 5.93. The van der Waals surface area contributed by atoms with Gasteiger partial charge in [-0.2, -0.15) is 0 Å². The number of likely N-dealkylation sites (tertiary alicyclic amines) is 1. The number of rotatable bonds is 4. The van der Waals surface area contributed by atoms with E-state index in [1.165, 1.54) is 12.8 Å². The summed E-state index contributed by atoms with van der Waals surface area (Å²) in [6.07, 6.45) is 4.84. The summed E-state index contributed by atoms with van der Waals surface area (Å²) in [6.45, 7) is 2.78. The number of nitrogens with zero attached hydrogens (tertiary/aromatic N) is 1. The van der Waals surface area contributed by atoms with Crippen molar-refractivity contribution in [2.75, 3.05) is 25.0 Å². The Bertz CT molecular complexity index is 496. The first-order valence-corrected chi connectivity index (χ1v) is 8.13. The maximum atomic E-state index is 12.2. The van der Waals surface area contributed by atoms with Crippen LogP contribution in [0.4, 0.5) is 10.5 Å². The zero-order valence-electron chi connectivity index (χ0n) is 12.1. The normalized spacial score (nSPS) is 19.6.